The molecule has 0 aromatic heterocycles. The molecule has 0 spiro atoms. The van der Waals surface area contributed by atoms with Crippen LogP contribution in [0.1, 0.15) is 18.4 Å². The van der Waals surface area contributed by atoms with Crippen LogP contribution in [0.3, 0.4) is 0 Å². The van der Waals surface area contributed by atoms with Crippen LogP contribution in [0.25, 0.3) is 0 Å². The van der Waals surface area contributed by atoms with E-state index >= 15 is 0 Å². The molecule has 0 heterocycles. The molecule has 1 aromatic rings. The first kappa shape index (κ1) is 14.9. The van der Waals surface area contributed by atoms with E-state index in [1.54, 1.807) is 0 Å². The van der Waals surface area contributed by atoms with Gasteiger partial charge in [0, 0.05) is 0 Å². The van der Waals surface area contributed by atoms with Crippen LogP contribution in [-0.2, 0) is 11.2 Å². The fourth-order valence-electron chi connectivity index (χ4n) is 1.42. The third-order valence-electron chi connectivity index (χ3n) is 2.19. The van der Waals surface area contributed by atoms with Gasteiger partial charge in [-0.05, 0) is 31.4 Å². The van der Waals surface area contributed by atoms with Crippen molar-refractivity contribution in [2.24, 2.45) is 0 Å². The van der Waals surface area contributed by atoms with Gasteiger partial charge in [-0.2, -0.15) is 0 Å². The Morgan fingerprint density at radius 1 is 1.19 bits per heavy atom. The predicted molar refractivity (Wildman–Crippen MR) is 67.1 cm³/mol. The number of nitrogens with one attached hydrogen (secondary N) is 1. The van der Waals surface area contributed by atoms with Crippen LogP contribution in [0, 0.1) is 0 Å². The maximum absolute atomic E-state index is 10.2. The van der Waals surface area contributed by atoms with Crippen molar-refractivity contribution >= 4 is 18.4 Å². The van der Waals surface area contributed by atoms with Crippen LogP contribution in [0.2, 0.25) is 0 Å². The van der Waals surface area contributed by atoms with Crippen molar-refractivity contribution in [3.8, 4) is 0 Å². The summed E-state index contributed by atoms with van der Waals surface area (Å²) in [6.45, 7) is 0.838. The number of rotatable bonds is 7. The largest absolute Gasteiger partial charge is 0.480 e. The van der Waals surface area contributed by atoms with Crippen molar-refractivity contribution in [3.05, 3.63) is 35.9 Å². The minimum absolute atomic E-state index is 0. The topological polar surface area (TPSA) is 49.3 Å². The number of hydrogen-bond acceptors (Lipinski definition) is 2. The molecule has 1 aromatic carbocycles. The van der Waals surface area contributed by atoms with Crippen LogP contribution in [0.5, 0.6) is 0 Å². The van der Waals surface area contributed by atoms with Gasteiger partial charge in [0.05, 0.1) is 6.54 Å². The molecule has 3 nitrogen and oxygen atoms in total. The zero-order valence-corrected chi connectivity index (χ0v) is 10.0. The van der Waals surface area contributed by atoms with Crippen molar-refractivity contribution in [1.82, 2.24) is 5.32 Å². The number of carbonyl (C=O) groups is 1. The summed E-state index contributed by atoms with van der Waals surface area (Å²) in [6, 6.07) is 10.3. The molecule has 0 atom stereocenters. The van der Waals surface area contributed by atoms with Crippen LogP contribution >= 0.6 is 12.4 Å². The second kappa shape index (κ2) is 9.19. The van der Waals surface area contributed by atoms with Crippen molar-refractivity contribution < 1.29 is 9.90 Å². The molecule has 0 radical (unpaired) electrons. The summed E-state index contributed by atoms with van der Waals surface area (Å²) in [6.07, 6.45) is 3.17. The molecular weight excluding hydrogens is 226 g/mol. The number of hydrogen-bond donors (Lipinski definition) is 2. The second-order valence-electron chi connectivity index (χ2n) is 3.51. The SMILES string of the molecule is Cl.O=C(O)CNCCCCc1ccccc1. The standard InChI is InChI=1S/C12H17NO2.ClH/c14-12(15)10-13-9-5-4-8-11-6-2-1-3-7-11;/h1-3,6-7,13H,4-5,8-10H2,(H,14,15);1H. The minimum atomic E-state index is -0.793. The van der Waals surface area contributed by atoms with Crippen molar-refractivity contribution in [3.63, 3.8) is 0 Å². The third-order valence-corrected chi connectivity index (χ3v) is 2.19. The molecule has 0 aliphatic heterocycles. The van der Waals surface area contributed by atoms with Gasteiger partial charge in [-0.15, -0.1) is 12.4 Å². The molecule has 0 unspecified atom stereocenters. The van der Waals surface area contributed by atoms with Gasteiger partial charge in [0.2, 0.25) is 0 Å². The zero-order valence-electron chi connectivity index (χ0n) is 9.19. The Labute approximate surface area is 102 Å². The highest BCUT2D eigenvalue weighted by Crippen LogP contribution is 2.03. The van der Waals surface area contributed by atoms with E-state index in [4.69, 9.17) is 5.11 Å². The van der Waals surface area contributed by atoms with Crippen LogP contribution in [0.4, 0.5) is 0 Å². The van der Waals surface area contributed by atoms with Gasteiger partial charge in [-0.3, -0.25) is 4.79 Å². The summed E-state index contributed by atoms with van der Waals surface area (Å²) in [5, 5.41) is 11.3. The van der Waals surface area contributed by atoms with E-state index in [9.17, 15) is 4.79 Å². The quantitative estimate of drug-likeness (QED) is 0.722. The van der Waals surface area contributed by atoms with E-state index in [2.05, 4.69) is 17.4 Å². The number of carboxylic acid groups (broad SMARTS) is 1. The molecule has 90 valence electrons. The van der Waals surface area contributed by atoms with Crippen molar-refractivity contribution in [2.75, 3.05) is 13.1 Å². The molecule has 0 saturated heterocycles. The van der Waals surface area contributed by atoms with Crippen molar-refractivity contribution in [2.45, 2.75) is 19.3 Å². The minimum Gasteiger partial charge on any atom is -0.480 e. The Morgan fingerprint density at radius 2 is 1.88 bits per heavy atom. The number of carboxylic acids is 1. The van der Waals surface area contributed by atoms with Crippen LogP contribution in [0.15, 0.2) is 30.3 Å². The van der Waals surface area contributed by atoms with Gasteiger partial charge < -0.3 is 10.4 Å². The van der Waals surface area contributed by atoms with Gasteiger partial charge in [-0.1, -0.05) is 30.3 Å². The highest BCUT2D eigenvalue weighted by Gasteiger charge is 1.95. The third kappa shape index (κ3) is 7.26. The lowest BCUT2D eigenvalue weighted by atomic mass is 10.1. The van der Waals surface area contributed by atoms with E-state index in [1.807, 2.05) is 18.2 Å². The van der Waals surface area contributed by atoms with Gasteiger partial charge in [0.15, 0.2) is 0 Å². The lowest BCUT2D eigenvalue weighted by molar-refractivity contribution is -0.135. The Bertz CT molecular complexity index is 290. The van der Waals surface area contributed by atoms with Crippen LogP contribution < -0.4 is 5.32 Å². The molecule has 4 heteroatoms. The smallest absolute Gasteiger partial charge is 0.317 e. The highest BCUT2D eigenvalue weighted by molar-refractivity contribution is 5.85. The van der Waals surface area contributed by atoms with Gasteiger partial charge in [0.1, 0.15) is 0 Å². The molecule has 0 saturated carbocycles. The molecule has 0 fully saturated rings. The van der Waals surface area contributed by atoms with E-state index in [0.29, 0.717) is 0 Å². The lowest BCUT2D eigenvalue weighted by Crippen LogP contribution is -2.23. The second-order valence-corrected chi connectivity index (χ2v) is 3.51. The molecule has 0 aliphatic carbocycles. The Kier molecular flexibility index (Phi) is 8.58. The number of unbranched alkanes of at least 4 members (excludes halogenated alkanes) is 1. The van der Waals surface area contributed by atoms with E-state index in [0.717, 1.165) is 25.8 Å². The summed E-state index contributed by atoms with van der Waals surface area (Å²) < 4.78 is 0. The Balaban J connectivity index is 0.00000225. The fraction of sp³-hybridized carbons (Fsp3) is 0.417. The maximum atomic E-state index is 10.2. The van der Waals surface area contributed by atoms with Gasteiger partial charge in [-0.25, -0.2) is 0 Å². The number of benzene rings is 1. The fourth-order valence-corrected chi connectivity index (χ4v) is 1.42. The molecule has 0 amide bonds. The van der Waals surface area contributed by atoms with E-state index in [-0.39, 0.29) is 19.0 Å². The summed E-state index contributed by atoms with van der Waals surface area (Å²) in [5.41, 5.74) is 1.34. The number of halogens is 1. The Morgan fingerprint density at radius 3 is 2.50 bits per heavy atom. The van der Waals surface area contributed by atoms with Crippen molar-refractivity contribution in [1.29, 1.82) is 0 Å². The molecule has 0 aliphatic rings. The molecular formula is C12H18ClNO2. The van der Waals surface area contributed by atoms with Gasteiger partial charge >= 0.3 is 5.97 Å². The molecule has 0 bridgehead atoms. The number of aliphatic carboxylic acids is 1. The average molecular weight is 244 g/mol. The first-order chi connectivity index (χ1) is 7.29. The first-order valence-electron chi connectivity index (χ1n) is 5.25. The van der Waals surface area contributed by atoms with E-state index in [1.165, 1.54) is 5.56 Å². The summed E-state index contributed by atoms with van der Waals surface area (Å²) >= 11 is 0. The molecule has 2 N–H and O–H groups in total. The highest BCUT2D eigenvalue weighted by atomic mass is 35.5. The number of aryl methyl sites for hydroxylation is 1. The van der Waals surface area contributed by atoms with E-state index < -0.39 is 5.97 Å². The monoisotopic (exact) mass is 243 g/mol. The Hall–Kier alpha value is -1.06. The summed E-state index contributed by atoms with van der Waals surface area (Å²) in [7, 11) is 0. The summed E-state index contributed by atoms with van der Waals surface area (Å²) in [5.74, 6) is -0.793. The average Bonchev–Trinajstić information content (AvgIpc) is 2.24. The zero-order chi connectivity index (χ0) is 10.9. The normalized spacial score (nSPS) is 9.50. The molecule has 16 heavy (non-hydrogen) atoms. The first-order valence-corrected chi connectivity index (χ1v) is 5.25. The predicted octanol–water partition coefficient (Wildman–Crippen LogP) is 2.11. The van der Waals surface area contributed by atoms with Gasteiger partial charge in [0.25, 0.3) is 0 Å². The lowest BCUT2D eigenvalue weighted by Gasteiger charge is -2.02. The summed E-state index contributed by atoms with van der Waals surface area (Å²) in [4.78, 5) is 10.2. The maximum Gasteiger partial charge on any atom is 0.317 e. The molecule has 1 rings (SSSR count). The van der Waals surface area contributed by atoms with Crippen LogP contribution in [-0.4, -0.2) is 24.2 Å².